The summed E-state index contributed by atoms with van der Waals surface area (Å²) < 4.78 is 5.39. The van der Waals surface area contributed by atoms with Crippen LogP contribution in [0.3, 0.4) is 0 Å². The molecule has 0 atom stereocenters. The highest BCUT2D eigenvalue weighted by molar-refractivity contribution is 4.72. The van der Waals surface area contributed by atoms with Gasteiger partial charge in [0.05, 0.1) is 6.10 Å². The maximum atomic E-state index is 5.39. The first-order valence-corrected chi connectivity index (χ1v) is 3.90. The minimum absolute atomic E-state index is 0.420. The summed E-state index contributed by atoms with van der Waals surface area (Å²) in [6.45, 7) is 5.15. The normalized spacial score (nSPS) is 19.0. The van der Waals surface area contributed by atoms with Crippen molar-refractivity contribution < 1.29 is 4.74 Å². The van der Waals surface area contributed by atoms with Gasteiger partial charge in [0, 0.05) is 6.61 Å². The highest BCUT2D eigenvalue weighted by Crippen LogP contribution is 2.32. The summed E-state index contributed by atoms with van der Waals surface area (Å²) in [5, 5.41) is 0. The van der Waals surface area contributed by atoms with Crippen LogP contribution in [-0.4, -0.2) is 12.7 Å². The van der Waals surface area contributed by atoms with Crippen LogP contribution in [0.2, 0.25) is 0 Å². The molecule has 1 aliphatic rings. The van der Waals surface area contributed by atoms with Gasteiger partial charge in [0.15, 0.2) is 0 Å². The van der Waals surface area contributed by atoms with Crippen LogP contribution in [0.15, 0.2) is 0 Å². The third-order valence-electron chi connectivity index (χ3n) is 1.67. The minimum atomic E-state index is 0.420. The molecule has 0 amide bonds. The Morgan fingerprint density at radius 1 is 1.44 bits per heavy atom. The van der Waals surface area contributed by atoms with Gasteiger partial charge in [0.1, 0.15) is 0 Å². The van der Waals surface area contributed by atoms with Crippen molar-refractivity contribution in [3.05, 3.63) is 0 Å². The molecular weight excluding hydrogens is 112 g/mol. The maximum absolute atomic E-state index is 5.39. The van der Waals surface area contributed by atoms with Crippen LogP contribution in [0.25, 0.3) is 0 Å². The lowest BCUT2D eigenvalue weighted by Gasteiger charge is -2.05. The van der Waals surface area contributed by atoms with E-state index in [-0.39, 0.29) is 0 Å². The third kappa shape index (κ3) is 3.52. The second-order valence-corrected chi connectivity index (χ2v) is 3.15. The van der Waals surface area contributed by atoms with E-state index in [4.69, 9.17) is 4.74 Å². The van der Waals surface area contributed by atoms with Gasteiger partial charge in [-0.25, -0.2) is 0 Å². The van der Waals surface area contributed by atoms with Crippen molar-refractivity contribution in [1.82, 2.24) is 0 Å². The predicted molar refractivity (Wildman–Crippen MR) is 38.4 cm³/mol. The van der Waals surface area contributed by atoms with Gasteiger partial charge in [-0.15, -0.1) is 0 Å². The molecule has 0 spiro atoms. The first-order valence-electron chi connectivity index (χ1n) is 3.90. The van der Waals surface area contributed by atoms with E-state index >= 15 is 0 Å². The Hall–Kier alpha value is -0.0400. The van der Waals surface area contributed by atoms with Crippen LogP contribution in [-0.2, 0) is 4.74 Å². The first kappa shape index (κ1) is 7.07. The molecule has 1 saturated carbocycles. The van der Waals surface area contributed by atoms with Crippen molar-refractivity contribution in [1.29, 1.82) is 0 Å². The molecule has 0 aliphatic heterocycles. The molecule has 1 rings (SSSR count). The number of ether oxygens (including phenoxy) is 1. The van der Waals surface area contributed by atoms with Crippen molar-refractivity contribution in [2.24, 2.45) is 5.92 Å². The molecular formula is C8H16O. The van der Waals surface area contributed by atoms with E-state index < -0.39 is 0 Å². The largest absolute Gasteiger partial charge is 0.379 e. The van der Waals surface area contributed by atoms with E-state index in [9.17, 15) is 0 Å². The lowest BCUT2D eigenvalue weighted by molar-refractivity contribution is 0.0743. The lowest BCUT2D eigenvalue weighted by atomic mass is 10.3. The fraction of sp³-hybridized carbons (Fsp3) is 1.00. The summed E-state index contributed by atoms with van der Waals surface area (Å²) in [4.78, 5) is 0. The molecule has 0 N–H and O–H groups in total. The summed E-state index contributed by atoms with van der Waals surface area (Å²) >= 11 is 0. The van der Waals surface area contributed by atoms with Crippen molar-refractivity contribution in [2.75, 3.05) is 6.61 Å². The highest BCUT2D eigenvalue weighted by atomic mass is 16.5. The molecule has 0 aromatic heterocycles. The van der Waals surface area contributed by atoms with Crippen LogP contribution >= 0.6 is 0 Å². The zero-order valence-corrected chi connectivity index (χ0v) is 6.39. The first-order chi connectivity index (χ1) is 4.29. The van der Waals surface area contributed by atoms with Gasteiger partial charge >= 0.3 is 0 Å². The van der Waals surface area contributed by atoms with Gasteiger partial charge < -0.3 is 4.74 Å². The minimum Gasteiger partial charge on any atom is -0.379 e. The zero-order valence-electron chi connectivity index (χ0n) is 6.39. The monoisotopic (exact) mass is 128 g/mol. The standard InChI is InChI=1S/C8H16O/c1-7(2)9-6-5-8-3-4-8/h7-8H,3-6H2,1-2H3. The van der Waals surface area contributed by atoms with Gasteiger partial charge in [0.2, 0.25) is 0 Å². The lowest BCUT2D eigenvalue weighted by Crippen LogP contribution is -2.03. The predicted octanol–water partition coefficient (Wildman–Crippen LogP) is 2.21. The SMILES string of the molecule is CC(C)OCCC1CC1. The van der Waals surface area contributed by atoms with Crippen LogP contribution < -0.4 is 0 Å². The highest BCUT2D eigenvalue weighted by Gasteiger charge is 2.20. The van der Waals surface area contributed by atoms with E-state index in [0.717, 1.165) is 12.5 Å². The van der Waals surface area contributed by atoms with Crippen LogP contribution in [0.1, 0.15) is 33.1 Å². The summed E-state index contributed by atoms with van der Waals surface area (Å²) in [5.74, 6) is 1.02. The summed E-state index contributed by atoms with van der Waals surface area (Å²) in [6, 6.07) is 0. The summed E-state index contributed by atoms with van der Waals surface area (Å²) in [5.41, 5.74) is 0. The molecule has 0 unspecified atom stereocenters. The van der Waals surface area contributed by atoms with E-state index in [1.54, 1.807) is 0 Å². The number of hydrogen-bond donors (Lipinski definition) is 0. The second kappa shape index (κ2) is 3.21. The Kier molecular flexibility index (Phi) is 2.52. The molecule has 1 fully saturated rings. The van der Waals surface area contributed by atoms with Crippen molar-refractivity contribution >= 4 is 0 Å². The fourth-order valence-electron chi connectivity index (χ4n) is 0.877. The molecule has 0 saturated heterocycles. The molecule has 0 aromatic rings. The van der Waals surface area contributed by atoms with E-state index in [1.165, 1.54) is 19.3 Å². The maximum Gasteiger partial charge on any atom is 0.0518 e. The molecule has 1 heteroatoms. The van der Waals surface area contributed by atoms with Gasteiger partial charge in [-0.05, 0) is 26.2 Å². The van der Waals surface area contributed by atoms with Gasteiger partial charge in [-0.3, -0.25) is 0 Å². The van der Waals surface area contributed by atoms with Gasteiger partial charge in [-0.1, -0.05) is 12.8 Å². The molecule has 0 bridgehead atoms. The smallest absolute Gasteiger partial charge is 0.0518 e. The molecule has 54 valence electrons. The topological polar surface area (TPSA) is 9.23 Å². The van der Waals surface area contributed by atoms with Crippen molar-refractivity contribution in [2.45, 2.75) is 39.2 Å². The molecule has 1 aliphatic carbocycles. The Labute approximate surface area is 57.4 Å². The molecule has 0 radical (unpaired) electrons. The summed E-state index contributed by atoms with van der Waals surface area (Å²) in [7, 11) is 0. The Bertz CT molecular complexity index is 72.6. The van der Waals surface area contributed by atoms with Crippen LogP contribution in [0.4, 0.5) is 0 Å². The number of hydrogen-bond acceptors (Lipinski definition) is 1. The van der Waals surface area contributed by atoms with Gasteiger partial charge in [-0.2, -0.15) is 0 Å². The van der Waals surface area contributed by atoms with Gasteiger partial charge in [0.25, 0.3) is 0 Å². The molecule has 0 heterocycles. The van der Waals surface area contributed by atoms with E-state index in [0.29, 0.717) is 6.10 Å². The quantitative estimate of drug-likeness (QED) is 0.564. The fourth-order valence-corrected chi connectivity index (χ4v) is 0.877. The molecule has 1 nitrogen and oxygen atoms in total. The Morgan fingerprint density at radius 2 is 2.11 bits per heavy atom. The van der Waals surface area contributed by atoms with E-state index in [2.05, 4.69) is 13.8 Å². The number of rotatable bonds is 4. The Balaban J connectivity index is 1.81. The van der Waals surface area contributed by atoms with Crippen LogP contribution in [0, 0.1) is 5.92 Å². The average Bonchev–Trinajstić information content (AvgIpc) is 2.48. The molecule has 9 heavy (non-hydrogen) atoms. The van der Waals surface area contributed by atoms with Crippen molar-refractivity contribution in [3.63, 3.8) is 0 Å². The Morgan fingerprint density at radius 3 is 2.56 bits per heavy atom. The van der Waals surface area contributed by atoms with E-state index in [1.807, 2.05) is 0 Å². The average molecular weight is 128 g/mol. The zero-order chi connectivity index (χ0) is 6.69. The third-order valence-corrected chi connectivity index (χ3v) is 1.67. The second-order valence-electron chi connectivity index (χ2n) is 3.15. The summed E-state index contributed by atoms with van der Waals surface area (Å²) in [6.07, 6.45) is 4.60. The molecule has 0 aromatic carbocycles. The van der Waals surface area contributed by atoms with Crippen LogP contribution in [0.5, 0.6) is 0 Å². The van der Waals surface area contributed by atoms with Crippen molar-refractivity contribution in [3.8, 4) is 0 Å².